The predicted molar refractivity (Wildman–Crippen MR) is 71.5 cm³/mol. The van der Waals surface area contributed by atoms with Crippen LogP contribution in [0.5, 0.6) is 0 Å². The lowest BCUT2D eigenvalue weighted by Crippen LogP contribution is -2.21. The third-order valence-corrected chi connectivity index (χ3v) is 3.59. The van der Waals surface area contributed by atoms with Crippen LogP contribution in [-0.2, 0) is 17.8 Å². The summed E-state index contributed by atoms with van der Waals surface area (Å²) in [4.78, 5) is 2.49. The Hall–Kier alpha value is -0.840. The maximum Gasteiger partial charge on any atom is 0.118 e. The number of nitrogens with zero attached hydrogens (tertiary/aromatic N) is 1. The van der Waals surface area contributed by atoms with E-state index in [0.29, 0.717) is 5.92 Å². The van der Waals surface area contributed by atoms with E-state index in [4.69, 9.17) is 9.15 Å². The van der Waals surface area contributed by atoms with Crippen LogP contribution in [0.25, 0.3) is 0 Å². The summed E-state index contributed by atoms with van der Waals surface area (Å²) in [5.74, 6) is 2.77. The molecule has 1 aromatic rings. The molecular weight excluding hydrogens is 228 g/mol. The minimum atomic E-state index is 0.694. The number of furan rings is 1. The van der Waals surface area contributed by atoms with Gasteiger partial charge < -0.3 is 14.5 Å². The quantitative estimate of drug-likeness (QED) is 0.837. The number of hydrogen-bond donors (Lipinski definition) is 1. The monoisotopic (exact) mass is 252 g/mol. The number of nitrogens with one attached hydrogen (secondary N) is 1. The smallest absolute Gasteiger partial charge is 0.118 e. The third kappa shape index (κ3) is 3.34. The van der Waals surface area contributed by atoms with Crippen LogP contribution in [0, 0.1) is 12.8 Å². The van der Waals surface area contributed by atoms with Crippen molar-refractivity contribution in [1.82, 2.24) is 10.2 Å². The molecule has 0 bridgehead atoms. The minimum Gasteiger partial charge on any atom is -0.465 e. The summed E-state index contributed by atoms with van der Waals surface area (Å²) in [7, 11) is 3.72. The van der Waals surface area contributed by atoms with Gasteiger partial charge in [0.1, 0.15) is 11.5 Å². The van der Waals surface area contributed by atoms with Gasteiger partial charge in [0.2, 0.25) is 0 Å². The first kappa shape index (κ1) is 13.6. The maximum absolute atomic E-state index is 5.73. The molecule has 1 aliphatic heterocycles. The van der Waals surface area contributed by atoms with Crippen LogP contribution in [-0.4, -0.2) is 38.8 Å². The molecule has 0 spiro atoms. The number of ether oxygens (including phenoxy) is 1. The van der Waals surface area contributed by atoms with Crippen molar-refractivity contribution in [3.8, 4) is 0 Å². The summed E-state index contributed by atoms with van der Waals surface area (Å²) < 4.78 is 11.0. The Labute approximate surface area is 109 Å². The average molecular weight is 252 g/mol. The second-order valence-electron chi connectivity index (χ2n) is 5.17. The molecule has 102 valence electrons. The van der Waals surface area contributed by atoms with Crippen molar-refractivity contribution < 1.29 is 9.15 Å². The van der Waals surface area contributed by atoms with E-state index in [1.807, 2.05) is 7.05 Å². The van der Waals surface area contributed by atoms with E-state index >= 15 is 0 Å². The van der Waals surface area contributed by atoms with Gasteiger partial charge in [-0.05, 0) is 38.9 Å². The summed E-state index contributed by atoms with van der Waals surface area (Å²) in [5, 5.41) is 3.12. The number of methoxy groups -OCH3 is 1. The molecule has 0 saturated carbocycles. The maximum atomic E-state index is 5.73. The normalized spacial score (nSPS) is 20.7. The fourth-order valence-electron chi connectivity index (χ4n) is 2.68. The zero-order chi connectivity index (χ0) is 13.0. The lowest BCUT2D eigenvalue weighted by atomic mass is 10.1. The molecule has 2 heterocycles. The number of hydrogen-bond acceptors (Lipinski definition) is 4. The van der Waals surface area contributed by atoms with Gasteiger partial charge in [-0.2, -0.15) is 0 Å². The number of likely N-dealkylation sites (tertiary alicyclic amines) is 1. The molecule has 1 saturated heterocycles. The highest BCUT2D eigenvalue weighted by Crippen LogP contribution is 2.22. The van der Waals surface area contributed by atoms with Crippen LogP contribution >= 0.6 is 0 Å². The van der Waals surface area contributed by atoms with E-state index in [0.717, 1.165) is 37.8 Å². The Morgan fingerprint density at radius 3 is 3.11 bits per heavy atom. The van der Waals surface area contributed by atoms with E-state index in [9.17, 15) is 0 Å². The van der Waals surface area contributed by atoms with Crippen molar-refractivity contribution in [2.24, 2.45) is 5.92 Å². The van der Waals surface area contributed by atoms with E-state index in [-0.39, 0.29) is 0 Å². The molecule has 1 fully saturated rings. The Morgan fingerprint density at radius 1 is 1.56 bits per heavy atom. The molecule has 18 heavy (non-hydrogen) atoms. The summed E-state index contributed by atoms with van der Waals surface area (Å²) in [5.41, 5.74) is 1.32. The molecule has 4 nitrogen and oxygen atoms in total. The molecule has 0 aliphatic carbocycles. The van der Waals surface area contributed by atoms with Crippen molar-refractivity contribution in [3.63, 3.8) is 0 Å². The predicted octanol–water partition coefficient (Wildman–Crippen LogP) is 1.78. The average Bonchev–Trinajstić information content (AvgIpc) is 2.89. The number of rotatable bonds is 6. The van der Waals surface area contributed by atoms with Gasteiger partial charge in [-0.3, -0.25) is 4.90 Å². The minimum absolute atomic E-state index is 0.694. The Bertz CT molecular complexity index is 376. The largest absolute Gasteiger partial charge is 0.465 e. The highest BCUT2D eigenvalue weighted by molar-refractivity contribution is 5.20. The van der Waals surface area contributed by atoms with Crippen LogP contribution in [0.4, 0.5) is 0 Å². The highest BCUT2D eigenvalue weighted by atomic mass is 16.5. The first-order valence-corrected chi connectivity index (χ1v) is 6.67. The van der Waals surface area contributed by atoms with Crippen LogP contribution in [0.3, 0.4) is 0 Å². The summed E-state index contributed by atoms with van der Waals surface area (Å²) >= 11 is 0. The van der Waals surface area contributed by atoms with Gasteiger partial charge in [0, 0.05) is 25.8 Å². The van der Waals surface area contributed by atoms with E-state index in [1.165, 1.54) is 18.5 Å². The molecule has 1 aromatic heterocycles. The third-order valence-electron chi connectivity index (χ3n) is 3.59. The molecule has 1 atom stereocenters. The Balaban J connectivity index is 1.89. The molecule has 2 rings (SSSR count). The first-order chi connectivity index (χ1) is 8.72. The van der Waals surface area contributed by atoms with Gasteiger partial charge in [0.15, 0.2) is 0 Å². The van der Waals surface area contributed by atoms with Gasteiger partial charge in [0.05, 0.1) is 13.2 Å². The fourth-order valence-corrected chi connectivity index (χ4v) is 2.68. The Morgan fingerprint density at radius 2 is 2.39 bits per heavy atom. The molecular formula is C14H24N2O2. The van der Waals surface area contributed by atoms with Gasteiger partial charge in [0.25, 0.3) is 0 Å². The molecule has 1 N–H and O–H groups in total. The van der Waals surface area contributed by atoms with Gasteiger partial charge in [-0.15, -0.1) is 0 Å². The second kappa shape index (κ2) is 6.36. The fraction of sp³-hybridized carbons (Fsp3) is 0.714. The van der Waals surface area contributed by atoms with Gasteiger partial charge in [-0.1, -0.05) is 0 Å². The molecule has 1 aliphatic rings. The summed E-state index contributed by atoms with van der Waals surface area (Å²) in [6.07, 6.45) is 1.24. The Kier molecular flexibility index (Phi) is 4.80. The highest BCUT2D eigenvalue weighted by Gasteiger charge is 2.23. The summed E-state index contributed by atoms with van der Waals surface area (Å²) in [6.45, 7) is 7.04. The zero-order valence-corrected chi connectivity index (χ0v) is 11.7. The zero-order valence-electron chi connectivity index (χ0n) is 11.7. The first-order valence-electron chi connectivity index (χ1n) is 6.67. The van der Waals surface area contributed by atoms with Crippen LogP contribution < -0.4 is 5.32 Å². The van der Waals surface area contributed by atoms with E-state index in [1.54, 1.807) is 7.11 Å². The van der Waals surface area contributed by atoms with Crippen molar-refractivity contribution in [2.45, 2.75) is 26.4 Å². The molecule has 0 aromatic carbocycles. The van der Waals surface area contributed by atoms with Crippen molar-refractivity contribution in [3.05, 3.63) is 23.2 Å². The van der Waals surface area contributed by atoms with Crippen LogP contribution in [0.15, 0.2) is 10.5 Å². The van der Waals surface area contributed by atoms with Crippen LogP contribution in [0.2, 0.25) is 0 Å². The molecule has 0 amide bonds. The topological polar surface area (TPSA) is 37.6 Å². The lowest BCUT2D eigenvalue weighted by Gasteiger charge is -2.15. The SMILES string of the molecule is CNCc1cc(CN2CCC(COC)C2)c(C)o1. The van der Waals surface area contributed by atoms with Gasteiger partial charge >= 0.3 is 0 Å². The van der Waals surface area contributed by atoms with Crippen molar-refractivity contribution >= 4 is 0 Å². The van der Waals surface area contributed by atoms with E-state index < -0.39 is 0 Å². The number of aryl methyl sites for hydroxylation is 1. The lowest BCUT2D eigenvalue weighted by molar-refractivity contribution is 0.152. The standard InChI is InChI=1S/C14H24N2O2/c1-11-13(6-14(18-11)7-15-2)9-16-5-4-12(8-16)10-17-3/h6,12,15H,4-5,7-10H2,1-3H3. The van der Waals surface area contributed by atoms with Crippen molar-refractivity contribution in [1.29, 1.82) is 0 Å². The molecule has 4 heteroatoms. The van der Waals surface area contributed by atoms with Gasteiger partial charge in [-0.25, -0.2) is 0 Å². The molecule has 0 radical (unpaired) electrons. The van der Waals surface area contributed by atoms with Crippen molar-refractivity contribution in [2.75, 3.05) is 33.9 Å². The van der Waals surface area contributed by atoms with Crippen LogP contribution in [0.1, 0.15) is 23.5 Å². The molecule has 1 unspecified atom stereocenters. The second-order valence-corrected chi connectivity index (χ2v) is 5.17. The summed E-state index contributed by atoms with van der Waals surface area (Å²) in [6, 6.07) is 2.18. The van der Waals surface area contributed by atoms with E-state index in [2.05, 4.69) is 23.2 Å².